The molecule has 1 atom stereocenters. The summed E-state index contributed by atoms with van der Waals surface area (Å²) in [5.41, 5.74) is 1.50. The molecule has 0 bridgehead atoms. The fraction of sp³-hybridized carbons (Fsp3) is 0.409. The third kappa shape index (κ3) is 5.37. The van der Waals surface area contributed by atoms with Crippen LogP contribution in [0.1, 0.15) is 41.3 Å². The van der Waals surface area contributed by atoms with Crippen LogP contribution >= 0.6 is 0 Å². The number of esters is 1. The smallest absolute Gasteiger partial charge is 0.339 e. The zero-order valence-electron chi connectivity index (χ0n) is 18.3. The summed E-state index contributed by atoms with van der Waals surface area (Å²) in [5.74, 6) is -1.72. The van der Waals surface area contributed by atoms with E-state index >= 15 is 0 Å². The fourth-order valence-corrected chi connectivity index (χ4v) is 5.07. The Labute approximate surface area is 187 Å². The standard InChI is InChI=1S/C22H27N3O6S/c1-4-31-22(28)16-6-5-7-25(13-16)20-19(21(26)27)11-17(12-23-20)24-32(29,30)18-9-14(2)8-15(3)10-18/h8-12,16,24H,4-7,13H2,1-3H3,(H,26,27)/t16-/m1/s1. The molecule has 1 aromatic carbocycles. The quantitative estimate of drug-likeness (QED) is 0.603. The highest BCUT2D eigenvalue weighted by Crippen LogP contribution is 2.28. The van der Waals surface area contributed by atoms with Gasteiger partial charge in [0.1, 0.15) is 11.4 Å². The lowest BCUT2D eigenvalue weighted by Gasteiger charge is -2.33. The van der Waals surface area contributed by atoms with Gasteiger partial charge in [-0.15, -0.1) is 0 Å². The number of carboxylic acids is 1. The van der Waals surface area contributed by atoms with E-state index in [4.69, 9.17) is 4.74 Å². The summed E-state index contributed by atoms with van der Waals surface area (Å²) < 4.78 is 33.1. The van der Waals surface area contributed by atoms with Gasteiger partial charge in [0.05, 0.1) is 29.3 Å². The summed E-state index contributed by atoms with van der Waals surface area (Å²) in [5, 5.41) is 9.73. The molecule has 1 aliphatic rings. The third-order valence-corrected chi connectivity index (χ3v) is 6.56. The second-order valence-electron chi connectivity index (χ2n) is 7.87. The molecule has 10 heteroatoms. The molecule has 1 aromatic heterocycles. The molecule has 0 unspecified atom stereocenters. The summed E-state index contributed by atoms with van der Waals surface area (Å²) in [6.07, 6.45) is 2.63. The lowest BCUT2D eigenvalue weighted by Crippen LogP contribution is -2.40. The van der Waals surface area contributed by atoms with Crippen molar-refractivity contribution in [3.05, 3.63) is 47.2 Å². The van der Waals surface area contributed by atoms with Gasteiger partial charge in [0.15, 0.2) is 0 Å². The normalized spacial score (nSPS) is 16.5. The topological polar surface area (TPSA) is 126 Å². The van der Waals surface area contributed by atoms with Crippen LogP contribution in [-0.2, 0) is 19.6 Å². The van der Waals surface area contributed by atoms with Crippen molar-refractivity contribution in [3.63, 3.8) is 0 Å². The van der Waals surface area contributed by atoms with Crippen molar-refractivity contribution >= 4 is 33.5 Å². The van der Waals surface area contributed by atoms with Crippen molar-refractivity contribution < 1.29 is 27.9 Å². The summed E-state index contributed by atoms with van der Waals surface area (Å²) >= 11 is 0. The Hall–Kier alpha value is -3.14. The number of nitrogens with one attached hydrogen (secondary N) is 1. The molecule has 172 valence electrons. The number of anilines is 2. The first-order chi connectivity index (χ1) is 15.1. The lowest BCUT2D eigenvalue weighted by molar-refractivity contribution is -0.148. The third-order valence-electron chi connectivity index (χ3n) is 5.20. The molecule has 0 radical (unpaired) electrons. The first-order valence-corrected chi connectivity index (χ1v) is 11.8. The monoisotopic (exact) mass is 461 g/mol. The summed E-state index contributed by atoms with van der Waals surface area (Å²) in [6, 6.07) is 6.19. The number of hydrogen-bond donors (Lipinski definition) is 2. The molecule has 32 heavy (non-hydrogen) atoms. The number of aromatic carboxylic acids is 1. The summed E-state index contributed by atoms with van der Waals surface area (Å²) in [4.78, 5) is 30.1. The number of pyridine rings is 1. The number of carbonyl (C=O) groups excluding carboxylic acids is 1. The van der Waals surface area contributed by atoms with Crippen molar-refractivity contribution in [2.45, 2.75) is 38.5 Å². The molecule has 1 aliphatic heterocycles. The number of aryl methyl sites for hydroxylation is 2. The highest BCUT2D eigenvalue weighted by Gasteiger charge is 2.30. The second-order valence-corrected chi connectivity index (χ2v) is 9.55. The maximum atomic E-state index is 12.8. The van der Waals surface area contributed by atoms with Gasteiger partial charge in [0, 0.05) is 13.1 Å². The van der Waals surface area contributed by atoms with Crippen LogP contribution in [0.2, 0.25) is 0 Å². The van der Waals surface area contributed by atoms with Crippen LogP contribution in [0.4, 0.5) is 11.5 Å². The average molecular weight is 462 g/mol. The minimum Gasteiger partial charge on any atom is -0.478 e. The Morgan fingerprint density at radius 3 is 2.53 bits per heavy atom. The van der Waals surface area contributed by atoms with Crippen molar-refractivity contribution in [2.75, 3.05) is 29.3 Å². The molecule has 2 N–H and O–H groups in total. The molecule has 1 fully saturated rings. The van der Waals surface area contributed by atoms with Gasteiger partial charge < -0.3 is 14.7 Å². The van der Waals surface area contributed by atoms with E-state index in [9.17, 15) is 23.1 Å². The number of rotatable bonds is 7. The van der Waals surface area contributed by atoms with Gasteiger partial charge in [-0.1, -0.05) is 6.07 Å². The predicted molar refractivity (Wildman–Crippen MR) is 119 cm³/mol. The van der Waals surface area contributed by atoms with Crippen LogP contribution in [0.5, 0.6) is 0 Å². The van der Waals surface area contributed by atoms with E-state index < -0.39 is 16.0 Å². The Morgan fingerprint density at radius 1 is 1.22 bits per heavy atom. The molecular weight excluding hydrogens is 434 g/mol. The zero-order chi connectivity index (χ0) is 23.5. The van der Waals surface area contributed by atoms with E-state index in [1.807, 2.05) is 6.07 Å². The minimum absolute atomic E-state index is 0.0456. The van der Waals surface area contributed by atoms with Crippen LogP contribution in [-0.4, -0.2) is 50.1 Å². The maximum absolute atomic E-state index is 12.8. The molecule has 3 rings (SSSR count). The summed E-state index contributed by atoms with van der Waals surface area (Å²) in [6.45, 7) is 6.44. The Bertz CT molecular complexity index is 1110. The van der Waals surface area contributed by atoms with Gasteiger partial charge in [-0.25, -0.2) is 18.2 Å². The molecule has 2 heterocycles. The Balaban J connectivity index is 1.88. The number of carboxylic acid groups (broad SMARTS) is 1. The Morgan fingerprint density at radius 2 is 1.91 bits per heavy atom. The first kappa shape index (κ1) is 23.5. The number of piperidine rings is 1. The molecule has 2 aromatic rings. The van der Waals surface area contributed by atoms with Gasteiger partial charge in [-0.3, -0.25) is 9.52 Å². The lowest BCUT2D eigenvalue weighted by atomic mass is 9.98. The maximum Gasteiger partial charge on any atom is 0.339 e. The van der Waals surface area contributed by atoms with Gasteiger partial charge in [-0.05, 0) is 62.9 Å². The van der Waals surface area contributed by atoms with E-state index in [2.05, 4.69) is 9.71 Å². The van der Waals surface area contributed by atoms with Crippen LogP contribution < -0.4 is 9.62 Å². The highest BCUT2D eigenvalue weighted by molar-refractivity contribution is 7.92. The van der Waals surface area contributed by atoms with E-state index in [-0.39, 0.29) is 40.5 Å². The van der Waals surface area contributed by atoms with Crippen LogP contribution in [0.25, 0.3) is 0 Å². The summed E-state index contributed by atoms with van der Waals surface area (Å²) in [7, 11) is -3.92. The number of sulfonamides is 1. The van der Waals surface area contributed by atoms with Crippen molar-refractivity contribution in [3.8, 4) is 0 Å². The van der Waals surface area contributed by atoms with Crippen LogP contribution in [0.15, 0.2) is 35.4 Å². The van der Waals surface area contributed by atoms with Crippen molar-refractivity contribution in [1.29, 1.82) is 0 Å². The van der Waals surface area contributed by atoms with Crippen molar-refractivity contribution in [1.82, 2.24) is 4.98 Å². The second kappa shape index (κ2) is 9.56. The van der Waals surface area contributed by atoms with Gasteiger partial charge in [-0.2, -0.15) is 0 Å². The largest absolute Gasteiger partial charge is 0.478 e. The van der Waals surface area contributed by atoms with Crippen molar-refractivity contribution in [2.24, 2.45) is 5.92 Å². The zero-order valence-corrected chi connectivity index (χ0v) is 19.1. The van der Waals surface area contributed by atoms with Gasteiger partial charge in [0.25, 0.3) is 10.0 Å². The molecular formula is C22H27N3O6S. The van der Waals surface area contributed by atoms with E-state index in [0.717, 1.165) is 11.1 Å². The van der Waals surface area contributed by atoms with Gasteiger partial charge in [0.2, 0.25) is 0 Å². The SMILES string of the molecule is CCOC(=O)[C@@H]1CCCN(c2ncc(NS(=O)(=O)c3cc(C)cc(C)c3)cc2C(=O)O)C1. The van der Waals surface area contributed by atoms with E-state index in [0.29, 0.717) is 25.9 Å². The molecule has 0 amide bonds. The number of aromatic nitrogens is 1. The molecule has 0 aliphatic carbocycles. The number of hydrogen-bond acceptors (Lipinski definition) is 7. The van der Waals surface area contributed by atoms with Crippen LogP contribution in [0, 0.1) is 19.8 Å². The van der Waals surface area contributed by atoms with Gasteiger partial charge >= 0.3 is 11.9 Å². The molecule has 0 spiro atoms. The highest BCUT2D eigenvalue weighted by atomic mass is 32.2. The molecule has 1 saturated heterocycles. The average Bonchev–Trinajstić information content (AvgIpc) is 2.73. The first-order valence-electron chi connectivity index (χ1n) is 10.4. The molecule has 0 saturated carbocycles. The van der Waals surface area contributed by atoms with E-state index in [1.54, 1.807) is 37.8 Å². The number of benzene rings is 1. The molecule has 9 nitrogen and oxygen atoms in total. The number of nitrogens with zero attached hydrogens (tertiary/aromatic N) is 2. The fourth-order valence-electron chi connectivity index (χ4n) is 3.85. The van der Waals surface area contributed by atoms with E-state index in [1.165, 1.54) is 12.3 Å². The predicted octanol–water partition coefficient (Wildman–Crippen LogP) is 2.98. The number of carbonyl (C=O) groups is 2. The minimum atomic E-state index is -3.92. The van der Waals surface area contributed by atoms with Crippen LogP contribution in [0.3, 0.4) is 0 Å². The number of ether oxygens (including phenoxy) is 1. The Kier molecular flexibility index (Phi) is 7.02.